The van der Waals surface area contributed by atoms with E-state index in [4.69, 9.17) is 10.5 Å². The summed E-state index contributed by atoms with van der Waals surface area (Å²) in [5.41, 5.74) is 5.42. The molecule has 6 nitrogen and oxygen atoms in total. The zero-order valence-electron chi connectivity index (χ0n) is 9.00. The third-order valence-corrected chi connectivity index (χ3v) is 1.95. The maximum absolute atomic E-state index is 5.45. The minimum absolute atomic E-state index is 0.369. The molecule has 0 amide bonds. The predicted molar refractivity (Wildman–Crippen MR) is 59.0 cm³/mol. The van der Waals surface area contributed by atoms with E-state index in [1.54, 1.807) is 18.3 Å². The number of nitrogens with two attached hydrogens (primary N) is 1. The summed E-state index contributed by atoms with van der Waals surface area (Å²) in [5.74, 6) is 1.42. The summed E-state index contributed by atoms with van der Waals surface area (Å²) in [6, 6.07) is 3.30. The number of aryl methyl sites for hydroxylation is 1. The molecule has 2 aromatic heterocycles. The van der Waals surface area contributed by atoms with E-state index in [-0.39, 0.29) is 0 Å². The molecule has 0 fully saturated rings. The van der Waals surface area contributed by atoms with Crippen LogP contribution < -0.4 is 10.5 Å². The molecule has 0 saturated carbocycles. The fourth-order valence-corrected chi connectivity index (χ4v) is 1.25. The minimum atomic E-state index is 0.369. The van der Waals surface area contributed by atoms with Crippen molar-refractivity contribution in [1.82, 2.24) is 20.0 Å². The largest absolute Gasteiger partial charge is 0.434 e. The van der Waals surface area contributed by atoms with E-state index < -0.39 is 0 Å². The Bertz CT molecular complexity index is 450. The van der Waals surface area contributed by atoms with Crippen molar-refractivity contribution in [3.63, 3.8) is 0 Å². The lowest BCUT2D eigenvalue weighted by molar-refractivity contribution is 0.454. The van der Waals surface area contributed by atoms with Crippen LogP contribution in [0.25, 0.3) is 0 Å². The Morgan fingerprint density at radius 2 is 2.25 bits per heavy atom. The van der Waals surface area contributed by atoms with Crippen LogP contribution in [0.4, 0.5) is 5.82 Å². The third-order valence-electron chi connectivity index (χ3n) is 1.95. The van der Waals surface area contributed by atoms with Gasteiger partial charge in [-0.1, -0.05) is 6.92 Å². The lowest BCUT2D eigenvalue weighted by atomic mass is 10.5. The Balaban J connectivity index is 2.05. The number of rotatable bonds is 4. The summed E-state index contributed by atoms with van der Waals surface area (Å²) >= 11 is 0. The van der Waals surface area contributed by atoms with Crippen LogP contribution in [-0.4, -0.2) is 20.0 Å². The molecule has 0 aromatic carbocycles. The molecule has 0 aliphatic heterocycles. The van der Waals surface area contributed by atoms with Crippen LogP contribution in [-0.2, 0) is 6.54 Å². The first-order valence-electron chi connectivity index (χ1n) is 5.07. The Kier molecular flexibility index (Phi) is 3.00. The van der Waals surface area contributed by atoms with E-state index in [0.29, 0.717) is 17.4 Å². The number of hydrogen-bond donors (Lipinski definition) is 1. The molecule has 0 aliphatic carbocycles. The number of hydrogen-bond acceptors (Lipinski definition) is 5. The van der Waals surface area contributed by atoms with Crippen molar-refractivity contribution < 1.29 is 4.74 Å². The Morgan fingerprint density at radius 3 is 2.94 bits per heavy atom. The highest BCUT2D eigenvalue weighted by Gasteiger charge is 2.02. The average molecular weight is 219 g/mol. The summed E-state index contributed by atoms with van der Waals surface area (Å²) in [6.07, 6.45) is 4.50. The van der Waals surface area contributed by atoms with Gasteiger partial charge in [0, 0.05) is 12.6 Å². The number of ether oxygens (including phenoxy) is 1. The Labute approximate surface area is 93.1 Å². The number of aromatic nitrogens is 4. The van der Waals surface area contributed by atoms with Crippen molar-refractivity contribution in [2.24, 2.45) is 0 Å². The van der Waals surface area contributed by atoms with Crippen LogP contribution in [0.1, 0.15) is 13.3 Å². The topological polar surface area (TPSA) is 78.9 Å². The lowest BCUT2D eigenvalue weighted by Crippen LogP contribution is -1.96. The van der Waals surface area contributed by atoms with Crippen molar-refractivity contribution >= 4 is 5.82 Å². The van der Waals surface area contributed by atoms with Gasteiger partial charge in [0.2, 0.25) is 5.88 Å². The highest BCUT2D eigenvalue weighted by Crippen LogP contribution is 2.17. The number of anilines is 1. The first-order valence-corrected chi connectivity index (χ1v) is 5.07. The van der Waals surface area contributed by atoms with Gasteiger partial charge in [-0.2, -0.15) is 5.10 Å². The smallest absolute Gasteiger partial charge is 0.239 e. The molecule has 0 atom stereocenters. The Morgan fingerprint density at radius 1 is 1.38 bits per heavy atom. The van der Waals surface area contributed by atoms with Crippen LogP contribution in [0.15, 0.2) is 24.5 Å². The number of nitrogens with zero attached hydrogens (tertiary/aromatic N) is 4. The summed E-state index contributed by atoms with van der Waals surface area (Å²) in [6.45, 7) is 2.96. The number of nitrogen functional groups attached to an aromatic ring is 1. The zero-order valence-corrected chi connectivity index (χ0v) is 9.00. The van der Waals surface area contributed by atoms with E-state index >= 15 is 0 Å². The minimum Gasteiger partial charge on any atom is -0.434 e. The van der Waals surface area contributed by atoms with E-state index in [0.717, 1.165) is 13.0 Å². The van der Waals surface area contributed by atoms with Gasteiger partial charge in [-0.15, -0.1) is 10.2 Å². The molecule has 2 N–H and O–H groups in total. The van der Waals surface area contributed by atoms with Crippen LogP contribution >= 0.6 is 0 Å². The van der Waals surface area contributed by atoms with E-state index in [1.165, 1.54) is 0 Å². The molecule has 0 radical (unpaired) electrons. The fourth-order valence-electron chi connectivity index (χ4n) is 1.25. The maximum atomic E-state index is 5.45. The van der Waals surface area contributed by atoms with Gasteiger partial charge >= 0.3 is 0 Å². The van der Waals surface area contributed by atoms with Gasteiger partial charge in [0.25, 0.3) is 0 Å². The SMILES string of the molecule is CCCn1cc(Oc2ccc(N)nn2)cn1. The first kappa shape index (κ1) is 10.4. The van der Waals surface area contributed by atoms with E-state index in [2.05, 4.69) is 22.2 Å². The van der Waals surface area contributed by atoms with Crippen molar-refractivity contribution in [3.8, 4) is 11.6 Å². The van der Waals surface area contributed by atoms with Crippen LogP contribution in [0, 0.1) is 0 Å². The van der Waals surface area contributed by atoms with Gasteiger partial charge in [-0.3, -0.25) is 4.68 Å². The second-order valence-corrected chi connectivity index (χ2v) is 3.34. The highest BCUT2D eigenvalue weighted by molar-refractivity contribution is 5.29. The molecular formula is C10H13N5O. The van der Waals surface area contributed by atoms with Gasteiger partial charge in [0.05, 0.1) is 12.4 Å². The summed E-state index contributed by atoms with van der Waals surface area (Å²) in [5, 5.41) is 11.6. The fraction of sp³-hybridized carbons (Fsp3) is 0.300. The first-order chi connectivity index (χ1) is 7.78. The van der Waals surface area contributed by atoms with Crippen LogP contribution in [0.2, 0.25) is 0 Å². The van der Waals surface area contributed by atoms with E-state index in [9.17, 15) is 0 Å². The molecule has 0 aliphatic rings. The highest BCUT2D eigenvalue weighted by atomic mass is 16.5. The van der Waals surface area contributed by atoms with Gasteiger partial charge in [-0.05, 0) is 12.5 Å². The summed E-state index contributed by atoms with van der Waals surface area (Å²) in [7, 11) is 0. The van der Waals surface area contributed by atoms with Gasteiger partial charge in [0.15, 0.2) is 5.75 Å². The monoisotopic (exact) mass is 219 g/mol. The van der Waals surface area contributed by atoms with Gasteiger partial charge < -0.3 is 10.5 Å². The summed E-state index contributed by atoms with van der Waals surface area (Å²) < 4.78 is 7.27. The molecule has 2 rings (SSSR count). The van der Waals surface area contributed by atoms with Crippen molar-refractivity contribution in [3.05, 3.63) is 24.5 Å². The normalized spacial score (nSPS) is 10.3. The molecule has 16 heavy (non-hydrogen) atoms. The Hall–Kier alpha value is -2.11. The third kappa shape index (κ3) is 2.47. The second-order valence-electron chi connectivity index (χ2n) is 3.34. The predicted octanol–water partition coefficient (Wildman–Crippen LogP) is 1.46. The van der Waals surface area contributed by atoms with Crippen LogP contribution in [0.5, 0.6) is 11.6 Å². The molecule has 84 valence electrons. The molecule has 0 saturated heterocycles. The molecule has 0 spiro atoms. The van der Waals surface area contributed by atoms with Gasteiger partial charge in [0.1, 0.15) is 5.82 Å². The lowest BCUT2D eigenvalue weighted by Gasteiger charge is -2.00. The van der Waals surface area contributed by atoms with Gasteiger partial charge in [-0.25, -0.2) is 0 Å². The molecule has 6 heteroatoms. The quantitative estimate of drug-likeness (QED) is 0.842. The van der Waals surface area contributed by atoms with Crippen molar-refractivity contribution in [2.75, 3.05) is 5.73 Å². The zero-order chi connectivity index (χ0) is 11.4. The average Bonchev–Trinajstić information content (AvgIpc) is 2.70. The molecular weight excluding hydrogens is 206 g/mol. The maximum Gasteiger partial charge on any atom is 0.239 e. The molecule has 2 aromatic rings. The van der Waals surface area contributed by atoms with E-state index in [1.807, 2.05) is 10.9 Å². The molecule has 0 unspecified atom stereocenters. The second kappa shape index (κ2) is 4.61. The van der Waals surface area contributed by atoms with Crippen molar-refractivity contribution in [1.29, 1.82) is 0 Å². The van der Waals surface area contributed by atoms with Crippen LogP contribution in [0.3, 0.4) is 0 Å². The summed E-state index contributed by atoms with van der Waals surface area (Å²) in [4.78, 5) is 0. The van der Waals surface area contributed by atoms with Crippen molar-refractivity contribution in [2.45, 2.75) is 19.9 Å². The standard InChI is InChI=1S/C10H13N5O/c1-2-5-15-7-8(6-12-15)16-10-4-3-9(11)13-14-10/h3-4,6-7H,2,5H2,1H3,(H2,11,13). The molecule has 0 bridgehead atoms. The molecule has 2 heterocycles.